The van der Waals surface area contributed by atoms with Crippen LogP contribution in [0.15, 0.2) is 48.5 Å². The second-order valence-corrected chi connectivity index (χ2v) is 6.67. The molecule has 2 N–H and O–H groups in total. The van der Waals surface area contributed by atoms with E-state index in [-0.39, 0.29) is 0 Å². The first kappa shape index (κ1) is 14.1. The summed E-state index contributed by atoms with van der Waals surface area (Å²) in [5.41, 5.74) is 9.81. The Kier molecular flexibility index (Phi) is 3.95. The van der Waals surface area contributed by atoms with Crippen LogP contribution in [-0.4, -0.2) is 4.98 Å². The van der Waals surface area contributed by atoms with E-state index < -0.39 is 0 Å². The number of nitrogens with zero attached hydrogens (tertiary/aromatic N) is 1. The van der Waals surface area contributed by atoms with Crippen LogP contribution >= 0.6 is 22.9 Å². The molecule has 0 unspecified atom stereocenters. The molecule has 0 radical (unpaired) electrons. The van der Waals surface area contributed by atoms with Crippen LogP contribution in [0.1, 0.15) is 15.4 Å². The molecule has 2 aromatic carbocycles. The summed E-state index contributed by atoms with van der Waals surface area (Å²) >= 11 is 7.79. The van der Waals surface area contributed by atoms with Crippen molar-refractivity contribution in [3.05, 3.63) is 69.0 Å². The van der Waals surface area contributed by atoms with Gasteiger partial charge in [0.05, 0.1) is 10.7 Å². The number of hydrogen-bond acceptors (Lipinski definition) is 3. The van der Waals surface area contributed by atoms with Gasteiger partial charge in [0.15, 0.2) is 0 Å². The number of hydrogen-bond donors (Lipinski definition) is 1. The molecule has 0 saturated carbocycles. The fourth-order valence-corrected chi connectivity index (χ4v) is 3.42. The van der Waals surface area contributed by atoms with E-state index in [1.807, 2.05) is 48.5 Å². The molecule has 0 saturated heterocycles. The summed E-state index contributed by atoms with van der Waals surface area (Å²) in [5.74, 6) is 0. The molecule has 4 heteroatoms. The van der Waals surface area contributed by atoms with Crippen molar-refractivity contribution in [1.29, 1.82) is 0 Å². The molecule has 0 aliphatic carbocycles. The molecular weight excluding hydrogens is 300 g/mol. The summed E-state index contributed by atoms with van der Waals surface area (Å²) in [6.07, 6.45) is 0.826. The number of nitrogens with two attached hydrogens (primary N) is 1. The number of benzene rings is 2. The Morgan fingerprint density at radius 1 is 1.14 bits per heavy atom. The van der Waals surface area contributed by atoms with Crippen molar-refractivity contribution >= 4 is 28.6 Å². The maximum atomic E-state index is 6.06. The van der Waals surface area contributed by atoms with Gasteiger partial charge in [0.1, 0.15) is 0 Å². The van der Waals surface area contributed by atoms with E-state index in [2.05, 4.69) is 6.92 Å². The van der Waals surface area contributed by atoms with Gasteiger partial charge in [0.2, 0.25) is 0 Å². The fraction of sp³-hybridized carbons (Fsp3) is 0.118. The normalized spacial score (nSPS) is 10.8. The summed E-state index contributed by atoms with van der Waals surface area (Å²) < 4.78 is 0. The first-order valence-electron chi connectivity index (χ1n) is 6.68. The Morgan fingerprint density at radius 3 is 2.62 bits per heavy atom. The Hall–Kier alpha value is -1.84. The van der Waals surface area contributed by atoms with Gasteiger partial charge in [-0.3, -0.25) is 0 Å². The van der Waals surface area contributed by atoms with Gasteiger partial charge in [-0.1, -0.05) is 35.9 Å². The largest absolute Gasteiger partial charge is 0.399 e. The third kappa shape index (κ3) is 3.26. The highest BCUT2D eigenvalue weighted by atomic mass is 35.5. The molecule has 106 valence electrons. The van der Waals surface area contributed by atoms with Crippen molar-refractivity contribution in [3.63, 3.8) is 0 Å². The first-order chi connectivity index (χ1) is 10.1. The third-order valence-corrected chi connectivity index (χ3v) is 4.48. The second kappa shape index (κ2) is 5.88. The SMILES string of the molecule is Cc1sc(Cc2ccc(N)cc2)nc1-c1cccc(Cl)c1. The van der Waals surface area contributed by atoms with Crippen molar-refractivity contribution in [3.8, 4) is 11.3 Å². The van der Waals surface area contributed by atoms with Crippen molar-refractivity contribution in [1.82, 2.24) is 4.98 Å². The fourth-order valence-electron chi connectivity index (χ4n) is 2.24. The van der Waals surface area contributed by atoms with E-state index in [1.54, 1.807) is 11.3 Å². The number of rotatable bonds is 3. The van der Waals surface area contributed by atoms with E-state index in [0.717, 1.165) is 33.4 Å². The van der Waals surface area contributed by atoms with Gasteiger partial charge in [-0.05, 0) is 36.8 Å². The zero-order valence-electron chi connectivity index (χ0n) is 11.6. The molecule has 21 heavy (non-hydrogen) atoms. The van der Waals surface area contributed by atoms with Gasteiger partial charge in [-0.2, -0.15) is 0 Å². The average Bonchev–Trinajstić information content (AvgIpc) is 2.82. The van der Waals surface area contributed by atoms with Crippen LogP contribution in [-0.2, 0) is 6.42 Å². The molecule has 3 aromatic rings. The first-order valence-corrected chi connectivity index (χ1v) is 7.88. The summed E-state index contributed by atoms with van der Waals surface area (Å²) in [6.45, 7) is 2.10. The molecule has 0 amide bonds. The zero-order valence-corrected chi connectivity index (χ0v) is 13.2. The Labute approximate surface area is 133 Å². The van der Waals surface area contributed by atoms with Crippen LogP contribution in [0.3, 0.4) is 0 Å². The molecule has 0 atom stereocenters. The summed E-state index contributed by atoms with van der Waals surface area (Å²) in [5, 5.41) is 1.84. The van der Waals surface area contributed by atoms with Crippen LogP contribution in [0, 0.1) is 6.92 Å². The number of anilines is 1. The number of thiazole rings is 1. The maximum absolute atomic E-state index is 6.06. The lowest BCUT2D eigenvalue weighted by Crippen LogP contribution is -1.89. The molecule has 0 spiro atoms. The van der Waals surface area contributed by atoms with Crippen molar-refractivity contribution in [2.45, 2.75) is 13.3 Å². The molecule has 0 fully saturated rings. The van der Waals surface area contributed by atoms with E-state index in [1.165, 1.54) is 10.4 Å². The molecule has 1 heterocycles. The van der Waals surface area contributed by atoms with Gasteiger partial charge in [-0.15, -0.1) is 11.3 Å². The van der Waals surface area contributed by atoms with Gasteiger partial charge in [-0.25, -0.2) is 4.98 Å². The van der Waals surface area contributed by atoms with Crippen molar-refractivity contribution < 1.29 is 0 Å². The van der Waals surface area contributed by atoms with E-state index in [0.29, 0.717) is 0 Å². The minimum atomic E-state index is 0.736. The number of nitrogen functional groups attached to an aromatic ring is 1. The molecule has 0 bridgehead atoms. The molecule has 0 aliphatic rings. The predicted octanol–water partition coefficient (Wildman–Crippen LogP) is 4.94. The zero-order chi connectivity index (χ0) is 14.8. The summed E-state index contributed by atoms with van der Waals surface area (Å²) in [4.78, 5) is 5.98. The highest BCUT2D eigenvalue weighted by Gasteiger charge is 2.10. The van der Waals surface area contributed by atoms with Crippen molar-refractivity contribution in [2.24, 2.45) is 0 Å². The van der Waals surface area contributed by atoms with Crippen LogP contribution in [0.5, 0.6) is 0 Å². The van der Waals surface area contributed by atoms with Crippen LogP contribution in [0.4, 0.5) is 5.69 Å². The third-order valence-electron chi connectivity index (χ3n) is 3.27. The maximum Gasteiger partial charge on any atom is 0.0979 e. The lowest BCUT2D eigenvalue weighted by molar-refractivity contribution is 1.14. The van der Waals surface area contributed by atoms with Gasteiger partial charge >= 0.3 is 0 Å². The van der Waals surface area contributed by atoms with Gasteiger partial charge in [0, 0.05) is 27.6 Å². The smallest absolute Gasteiger partial charge is 0.0979 e. The quantitative estimate of drug-likeness (QED) is 0.695. The standard InChI is InChI=1S/C17H15ClN2S/c1-11-17(13-3-2-4-14(18)10-13)20-16(21-11)9-12-5-7-15(19)8-6-12/h2-8,10H,9,19H2,1H3. The number of aromatic nitrogens is 1. The topological polar surface area (TPSA) is 38.9 Å². The Balaban J connectivity index is 1.89. The monoisotopic (exact) mass is 314 g/mol. The van der Waals surface area contributed by atoms with E-state index in [9.17, 15) is 0 Å². The van der Waals surface area contributed by atoms with E-state index in [4.69, 9.17) is 22.3 Å². The van der Waals surface area contributed by atoms with Gasteiger partial charge < -0.3 is 5.73 Å². The van der Waals surface area contributed by atoms with Crippen LogP contribution in [0.2, 0.25) is 5.02 Å². The molecule has 2 nitrogen and oxygen atoms in total. The summed E-state index contributed by atoms with van der Waals surface area (Å²) in [6, 6.07) is 15.8. The number of halogens is 1. The molecule has 3 rings (SSSR count). The average molecular weight is 315 g/mol. The van der Waals surface area contributed by atoms with Crippen molar-refractivity contribution in [2.75, 3.05) is 5.73 Å². The lowest BCUT2D eigenvalue weighted by Gasteiger charge is -2.00. The highest BCUT2D eigenvalue weighted by Crippen LogP contribution is 2.30. The Bertz CT molecular complexity index is 763. The van der Waals surface area contributed by atoms with Crippen LogP contribution in [0.25, 0.3) is 11.3 Å². The highest BCUT2D eigenvalue weighted by molar-refractivity contribution is 7.12. The predicted molar refractivity (Wildman–Crippen MR) is 91.0 cm³/mol. The number of aryl methyl sites for hydroxylation is 1. The second-order valence-electron chi connectivity index (χ2n) is 4.94. The van der Waals surface area contributed by atoms with Crippen LogP contribution < -0.4 is 5.73 Å². The minimum absolute atomic E-state index is 0.736. The summed E-state index contributed by atoms with van der Waals surface area (Å²) in [7, 11) is 0. The molecule has 0 aliphatic heterocycles. The van der Waals surface area contributed by atoms with Gasteiger partial charge in [0.25, 0.3) is 0 Å². The lowest BCUT2D eigenvalue weighted by atomic mass is 10.1. The molecular formula is C17H15ClN2S. The Morgan fingerprint density at radius 2 is 1.90 bits per heavy atom. The van der Waals surface area contributed by atoms with E-state index >= 15 is 0 Å². The minimum Gasteiger partial charge on any atom is -0.399 e. The molecule has 1 aromatic heterocycles.